The van der Waals surface area contributed by atoms with Gasteiger partial charge in [-0.1, -0.05) is 60.7 Å². The molecule has 0 spiro atoms. The summed E-state index contributed by atoms with van der Waals surface area (Å²) in [5, 5.41) is 10.3. The SMILES string of the molecule is O[C@H](c1ccccc1)[C@@H]1CN1Cc1ccccc1. The zero-order valence-corrected chi connectivity index (χ0v) is 10.2. The lowest BCUT2D eigenvalue weighted by atomic mass is 10.1. The molecule has 2 heteroatoms. The summed E-state index contributed by atoms with van der Waals surface area (Å²) in [6.07, 6.45) is -0.366. The van der Waals surface area contributed by atoms with Gasteiger partial charge in [0.05, 0.1) is 12.1 Å². The molecule has 1 aliphatic rings. The van der Waals surface area contributed by atoms with Crippen molar-refractivity contribution in [2.75, 3.05) is 6.54 Å². The first-order chi connectivity index (χ1) is 8.84. The molecule has 2 nitrogen and oxygen atoms in total. The van der Waals surface area contributed by atoms with Gasteiger partial charge in [0.1, 0.15) is 0 Å². The molecule has 1 fully saturated rings. The van der Waals surface area contributed by atoms with Gasteiger partial charge in [-0.05, 0) is 11.1 Å². The normalized spacial score (nSPS) is 23.6. The monoisotopic (exact) mass is 239 g/mol. The molecular weight excluding hydrogens is 222 g/mol. The zero-order chi connectivity index (χ0) is 12.4. The van der Waals surface area contributed by atoms with Gasteiger partial charge in [0.2, 0.25) is 0 Å². The number of aliphatic hydroxyl groups is 1. The summed E-state index contributed by atoms with van der Waals surface area (Å²) < 4.78 is 0. The summed E-state index contributed by atoms with van der Waals surface area (Å²) in [5.74, 6) is 0. The quantitative estimate of drug-likeness (QED) is 0.829. The van der Waals surface area contributed by atoms with Crippen LogP contribution in [0.3, 0.4) is 0 Å². The van der Waals surface area contributed by atoms with Crippen LogP contribution in [0.15, 0.2) is 60.7 Å². The molecule has 2 aromatic carbocycles. The van der Waals surface area contributed by atoms with E-state index in [1.165, 1.54) is 5.56 Å². The highest BCUT2D eigenvalue weighted by atomic mass is 16.3. The van der Waals surface area contributed by atoms with Crippen molar-refractivity contribution < 1.29 is 5.11 Å². The van der Waals surface area contributed by atoms with Crippen molar-refractivity contribution in [3.8, 4) is 0 Å². The molecule has 1 aliphatic heterocycles. The van der Waals surface area contributed by atoms with Gasteiger partial charge in [-0.3, -0.25) is 4.90 Å². The van der Waals surface area contributed by atoms with Crippen molar-refractivity contribution in [1.29, 1.82) is 0 Å². The summed E-state index contributed by atoms with van der Waals surface area (Å²) >= 11 is 0. The lowest BCUT2D eigenvalue weighted by molar-refractivity contribution is 0.157. The van der Waals surface area contributed by atoms with E-state index in [9.17, 15) is 5.11 Å². The summed E-state index contributed by atoms with van der Waals surface area (Å²) in [5.41, 5.74) is 2.32. The smallest absolute Gasteiger partial charge is 0.0957 e. The number of nitrogens with zero attached hydrogens (tertiary/aromatic N) is 1. The maximum Gasteiger partial charge on any atom is 0.0957 e. The van der Waals surface area contributed by atoms with Crippen molar-refractivity contribution >= 4 is 0 Å². The minimum absolute atomic E-state index is 0.271. The van der Waals surface area contributed by atoms with Crippen LogP contribution in [0, 0.1) is 0 Å². The van der Waals surface area contributed by atoms with Crippen LogP contribution in [-0.4, -0.2) is 22.6 Å². The van der Waals surface area contributed by atoms with E-state index >= 15 is 0 Å². The van der Waals surface area contributed by atoms with E-state index < -0.39 is 0 Å². The minimum atomic E-state index is -0.366. The van der Waals surface area contributed by atoms with Crippen molar-refractivity contribution in [2.45, 2.75) is 18.7 Å². The Morgan fingerprint density at radius 2 is 1.61 bits per heavy atom. The summed E-state index contributed by atoms with van der Waals surface area (Å²) in [6, 6.07) is 20.6. The van der Waals surface area contributed by atoms with Crippen molar-refractivity contribution in [3.05, 3.63) is 71.8 Å². The molecule has 92 valence electrons. The minimum Gasteiger partial charge on any atom is -0.387 e. The van der Waals surface area contributed by atoms with E-state index in [-0.39, 0.29) is 12.1 Å². The number of rotatable bonds is 4. The predicted molar refractivity (Wildman–Crippen MR) is 72.0 cm³/mol. The Balaban J connectivity index is 1.61. The lowest BCUT2D eigenvalue weighted by Crippen LogP contribution is -2.11. The van der Waals surface area contributed by atoms with Crippen molar-refractivity contribution in [1.82, 2.24) is 4.90 Å². The van der Waals surface area contributed by atoms with Crippen LogP contribution in [0.25, 0.3) is 0 Å². The average Bonchev–Trinajstić information content (AvgIpc) is 3.19. The summed E-state index contributed by atoms with van der Waals surface area (Å²) in [6.45, 7) is 1.90. The Bertz CT molecular complexity index is 497. The molecule has 18 heavy (non-hydrogen) atoms. The highest BCUT2D eigenvalue weighted by molar-refractivity contribution is 5.22. The highest BCUT2D eigenvalue weighted by Crippen LogP contribution is 2.32. The molecule has 3 rings (SSSR count). The van der Waals surface area contributed by atoms with E-state index in [0.717, 1.165) is 18.7 Å². The van der Waals surface area contributed by atoms with Crippen LogP contribution in [0.4, 0.5) is 0 Å². The number of benzene rings is 2. The van der Waals surface area contributed by atoms with Crippen LogP contribution in [0.5, 0.6) is 0 Å². The average molecular weight is 239 g/mol. The van der Waals surface area contributed by atoms with E-state index in [1.807, 2.05) is 36.4 Å². The molecule has 1 heterocycles. The first-order valence-corrected chi connectivity index (χ1v) is 6.35. The Hall–Kier alpha value is -1.64. The van der Waals surface area contributed by atoms with Crippen molar-refractivity contribution in [3.63, 3.8) is 0 Å². The second-order valence-electron chi connectivity index (χ2n) is 4.84. The third-order valence-electron chi connectivity index (χ3n) is 3.49. The van der Waals surface area contributed by atoms with Gasteiger partial charge < -0.3 is 5.11 Å². The Kier molecular flexibility index (Phi) is 3.13. The first kappa shape index (κ1) is 11.5. The molecule has 0 amide bonds. The molecule has 0 radical (unpaired) electrons. The molecule has 1 unspecified atom stereocenters. The van der Waals surface area contributed by atoms with Crippen LogP contribution in [-0.2, 0) is 6.54 Å². The van der Waals surface area contributed by atoms with Crippen LogP contribution in [0.2, 0.25) is 0 Å². The Labute approximate surface area is 107 Å². The molecular formula is C16H17NO. The fourth-order valence-corrected chi connectivity index (χ4v) is 2.36. The van der Waals surface area contributed by atoms with Gasteiger partial charge >= 0.3 is 0 Å². The van der Waals surface area contributed by atoms with Gasteiger partial charge in [-0.2, -0.15) is 0 Å². The van der Waals surface area contributed by atoms with Gasteiger partial charge in [0.25, 0.3) is 0 Å². The van der Waals surface area contributed by atoms with Crippen LogP contribution < -0.4 is 0 Å². The van der Waals surface area contributed by atoms with Crippen LogP contribution >= 0.6 is 0 Å². The molecule has 0 aliphatic carbocycles. The van der Waals surface area contributed by atoms with Crippen LogP contribution in [0.1, 0.15) is 17.2 Å². The molecule has 2 aromatic rings. The third-order valence-corrected chi connectivity index (χ3v) is 3.49. The van der Waals surface area contributed by atoms with E-state index in [2.05, 4.69) is 29.2 Å². The van der Waals surface area contributed by atoms with Crippen molar-refractivity contribution in [2.24, 2.45) is 0 Å². The maximum atomic E-state index is 10.3. The first-order valence-electron chi connectivity index (χ1n) is 6.35. The number of hydrogen-bond acceptors (Lipinski definition) is 2. The standard InChI is InChI=1S/C16H17NO/c18-16(14-9-5-2-6-10-14)15-12-17(15)11-13-7-3-1-4-8-13/h1-10,15-16,18H,11-12H2/t15-,16+,17?/m0/s1. The fraction of sp³-hybridized carbons (Fsp3) is 0.250. The lowest BCUT2D eigenvalue weighted by Gasteiger charge is -2.11. The molecule has 0 aromatic heterocycles. The molecule has 1 N–H and O–H groups in total. The molecule has 3 atom stereocenters. The fourth-order valence-electron chi connectivity index (χ4n) is 2.36. The second-order valence-corrected chi connectivity index (χ2v) is 4.84. The molecule has 0 bridgehead atoms. The number of aliphatic hydroxyl groups excluding tert-OH is 1. The number of hydrogen-bond donors (Lipinski definition) is 1. The Morgan fingerprint density at radius 1 is 1.00 bits per heavy atom. The Morgan fingerprint density at radius 3 is 2.28 bits per heavy atom. The predicted octanol–water partition coefficient (Wildman–Crippen LogP) is 2.60. The zero-order valence-electron chi connectivity index (χ0n) is 10.2. The molecule has 0 saturated carbocycles. The second kappa shape index (κ2) is 4.92. The van der Waals surface area contributed by atoms with Gasteiger partial charge in [0.15, 0.2) is 0 Å². The maximum absolute atomic E-state index is 10.3. The van der Waals surface area contributed by atoms with E-state index in [1.54, 1.807) is 0 Å². The van der Waals surface area contributed by atoms with E-state index in [4.69, 9.17) is 0 Å². The topological polar surface area (TPSA) is 23.2 Å². The van der Waals surface area contributed by atoms with E-state index in [0.29, 0.717) is 0 Å². The van der Waals surface area contributed by atoms with Gasteiger partial charge in [-0.25, -0.2) is 0 Å². The summed E-state index contributed by atoms with van der Waals surface area (Å²) in [7, 11) is 0. The largest absolute Gasteiger partial charge is 0.387 e. The van der Waals surface area contributed by atoms with Gasteiger partial charge in [0, 0.05) is 13.1 Å². The highest BCUT2D eigenvalue weighted by Gasteiger charge is 2.40. The third kappa shape index (κ3) is 2.45. The molecule has 1 saturated heterocycles. The summed E-state index contributed by atoms with van der Waals surface area (Å²) in [4.78, 5) is 2.30. The van der Waals surface area contributed by atoms with Gasteiger partial charge in [-0.15, -0.1) is 0 Å².